The number of halogens is 1. The molecule has 3 aliphatic rings. The van der Waals surface area contributed by atoms with E-state index in [1.54, 1.807) is 0 Å². The molecule has 4 atom stereocenters. The van der Waals surface area contributed by atoms with E-state index in [9.17, 15) is 0 Å². The highest BCUT2D eigenvalue weighted by atomic mass is 19.1. The lowest BCUT2D eigenvalue weighted by atomic mass is 9.87. The van der Waals surface area contributed by atoms with Crippen LogP contribution in [0.1, 0.15) is 40.7 Å². The van der Waals surface area contributed by atoms with E-state index in [1.165, 1.54) is 22.3 Å². The van der Waals surface area contributed by atoms with Gasteiger partial charge in [-0.05, 0) is 35.1 Å². The highest BCUT2D eigenvalue weighted by Crippen LogP contribution is 2.50. The van der Waals surface area contributed by atoms with Crippen LogP contribution in [0.25, 0.3) is 0 Å². The first-order valence-corrected chi connectivity index (χ1v) is 10.8. The number of β-amino-alcohol motifs (C(OH)–C–C–N with tert-alkyl or cyclic N) is 1. The highest BCUT2D eigenvalue weighted by Gasteiger charge is 2.45. The zero-order valence-electron chi connectivity index (χ0n) is 16.7. The molecule has 2 saturated heterocycles. The van der Waals surface area contributed by atoms with Crippen LogP contribution in [0, 0.1) is 0 Å². The molecule has 1 aliphatic carbocycles. The monoisotopic (exact) mass is 396 g/mol. The van der Waals surface area contributed by atoms with Crippen LogP contribution >= 0.6 is 0 Å². The van der Waals surface area contributed by atoms with Crippen LogP contribution in [-0.4, -0.2) is 66.6 Å². The van der Waals surface area contributed by atoms with E-state index in [0.717, 1.165) is 19.5 Å². The Morgan fingerprint density at radius 2 is 1.62 bits per heavy atom. The number of benzene rings is 2. The first-order chi connectivity index (χ1) is 14.2. The standard InChI is InChI=1S/C24H29FN2O2/c25-24(27-11-9-26(10-12-27)13-14-28)22-16-21-19-7-3-1-5-17(19)15-18-6-2-4-8-20(18)23(21)29-22/h1-8,21-24,28H,9-16H2. The number of fused-ring (bicyclic) bond motifs is 5. The number of piperazine rings is 1. The molecular formula is C24H29FN2O2. The Kier molecular flexibility index (Phi) is 5.39. The van der Waals surface area contributed by atoms with Crippen molar-refractivity contribution >= 4 is 0 Å². The van der Waals surface area contributed by atoms with Gasteiger partial charge in [0.25, 0.3) is 0 Å². The van der Waals surface area contributed by atoms with Crippen molar-refractivity contribution in [3.63, 3.8) is 0 Å². The highest BCUT2D eigenvalue weighted by molar-refractivity contribution is 5.45. The van der Waals surface area contributed by atoms with Gasteiger partial charge in [0, 0.05) is 38.6 Å². The SMILES string of the molecule is OCCN1CCN(C(F)C2CC3c4ccccc4Cc4ccccc4C3O2)CC1. The van der Waals surface area contributed by atoms with Gasteiger partial charge in [0.2, 0.25) is 0 Å². The Morgan fingerprint density at radius 3 is 2.34 bits per heavy atom. The van der Waals surface area contributed by atoms with Crippen molar-refractivity contribution in [2.75, 3.05) is 39.3 Å². The summed E-state index contributed by atoms with van der Waals surface area (Å²) in [5, 5.41) is 9.12. The smallest absolute Gasteiger partial charge is 0.180 e. The average molecular weight is 397 g/mol. The molecule has 0 amide bonds. The Balaban J connectivity index is 1.38. The summed E-state index contributed by atoms with van der Waals surface area (Å²) in [7, 11) is 0. The van der Waals surface area contributed by atoms with Gasteiger partial charge in [-0.15, -0.1) is 0 Å². The van der Waals surface area contributed by atoms with Gasteiger partial charge in [0.05, 0.1) is 12.7 Å². The molecule has 0 saturated carbocycles. The summed E-state index contributed by atoms with van der Waals surface area (Å²) in [6.07, 6.45) is 0.0627. The molecule has 0 bridgehead atoms. The van der Waals surface area contributed by atoms with Crippen LogP contribution in [0.15, 0.2) is 48.5 Å². The van der Waals surface area contributed by atoms with Gasteiger partial charge in [-0.25, -0.2) is 4.39 Å². The molecule has 2 fully saturated rings. The summed E-state index contributed by atoms with van der Waals surface area (Å²) >= 11 is 0. The topological polar surface area (TPSA) is 35.9 Å². The maximum atomic E-state index is 15.5. The van der Waals surface area contributed by atoms with E-state index in [-0.39, 0.29) is 18.6 Å². The molecular weight excluding hydrogens is 367 g/mol. The third kappa shape index (κ3) is 3.61. The van der Waals surface area contributed by atoms with Crippen molar-refractivity contribution in [3.05, 3.63) is 70.8 Å². The fourth-order valence-electron chi connectivity index (χ4n) is 5.31. The third-order valence-corrected chi connectivity index (χ3v) is 6.85. The molecule has 2 aliphatic heterocycles. The average Bonchev–Trinajstić information content (AvgIpc) is 3.15. The quantitative estimate of drug-likeness (QED) is 0.806. The number of aliphatic hydroxyl groups excluding tert-OH is 1. The van der Waals surface area contributed by atoms with Crippen molar-refractivity contribution in [2.45, 2.75) is 37.3 Å². The summed E-state index contributed by atoms with van der Waals surface area (Å²) in [6, 6.07) is 17.1. The van der Waals surface area contributed by atoms with Crippen LogP contribution < -0.4 is 0 Å². The minimum Gasteiger partial charge on any atom is -0.395 e. The van der Waals surface area contributed by atoms with Gasteiger partial charge in [-0.1, -0.05) is 48.5 Å². The second-order valence-corrected chi connectivity index (χ2v) is 8.49. The number of ether oxygens (including phenoxy) is 1. The predicted molar refractivity (Wildman–Crippen MR) is 111 cm³/mol. The number of aliphatic hydroxyl groups is 1. The van der Waals surface area contributed by atoms with Gasteiger partial charge >= 0.3 is 0 Å². The van der Waals surface area contributed by atoms with Crippen LogP contribution in [-0.2, 0) is 11.2 Å². The Bertz CT molecular complexity index is 799. The van der Waals surface area contributed by atoms with Gasteiger partial charge in [0.1, 0.15) is 6.10 Å². The third-order valence-electron chi connectivity index (χ3n) is 6.85. The van der Waals surface area contributed by atoms with E-state index in [0.29, 0.717) is 26.1 Å². The van der Waals surface area contributed by atoms with Crippen molar-refractivity contribution in [3.8, 4) is 0 Å². The van der Waals surface area contributed by atoms with Crippen molar-refractivity contribution < 1.29 is 14.2 Å². The number of hydrogen-bond donors (Lipinski definition) is 1. The fourth-order valence-corrected chi connectivity index (χ4v) is 5.31. The van der Waals surface area contributed by atoms with E-state index >= 15 is 4.39 Å². The van der Waals surface area contributed by atoms with E-state index in [2.05, 4.69) is 53.4 Å². The van der Waals surface area contributed by atoms with Crippen LogP contribution in [0.2, 0.25) is 0 Å². The van der Waals surface area contributed by atoms with Crippen LogP contribution in [0.4, 0.5) is 4.39 Å². The summed E-state index contributed by atoms with van der Waals surface area (Å²) in [4.78, 5) is 4.11. The molecule has 4 unspecified atom stereocenters. The lowest BCUT2D eigenvalue weighted by Gasteiger charge is -2.37. The first kappa shape index (κ1) is 19.2. The van der Waals surface area contributed by atoms with E-state index < -0.39 is 12.4 Å². The zero-order valence-corrected chi connectivity index (χ0v) is 16.7. The van der Waals surface area contributed by atoms with Gasteiger partial charge in [0.15, 0.2) is 6.30 Å². The number of hydrogen-bond acceptors (Lipinski definition) is 4. The fraction of sp³-hybridized carbons (Fsp3) is 0.500. The van der Waals surface area contributed by atoms with Gasteiger partial charge < -0.3 is 9.84 Å². The second-order valence-electron chi connectivity index (χ2n) is 8.49. The van der Waals surface area contributed by atoms with E-state index in [4.69, 9.17) is 9.84 Å². The number of nitrogens with zero attached hydrogens (tertiary/aromatic N) is 2. The summed E-state index contributed by atoms with van der Waals surface area (Å²) in [5.41, 5.74) is 5.16. The molecule has 5 heteroatoms. The molecule has 154 valence electrons. The first-order valence-electron chi connectivity index (χ1n) is 10.8. The van der Waals surface area contributed by atoms with E-state index in [1.807, 2.05) is 4.90 Å². The minimum atomic E-state index is -1.09. The summed E-state index contributed by atoms with van der Waals surface area (Å²) < 4.78 is 22.0. The van der Waals surface area contributed by atoms with Crippen LogP contribution in [0.3, 0.4) is 0 Å². The summed E-state index contributed by atoms with van der Waals surface area (Å²) in [6.45, 7) is 3.79. The molecule has 0 aromatic heterocycles. The maximum absolute atomic E-state index is 15.5. The molecule has 0 spiro atoms. The van der Waals surface area contributed by atoms with Crippen molar-refractivity contribution in [1.29, 1.82) is 0 Å². The second kappa shape index (κ2) is 8.15. The molecule has 29 heavy (non-hydrogen) atoms. The van der Waals surface area contributed by atoms with Gasteiger partial charge in [-0.2, -0.15) is 0 Å². The lowest BCUT2D eigenvalue weighted by molar-refractivity contribution is -0.0788. The number of alkyl halides is 1. The lowest BCUT2D eigenvalue weighted by Crippen LogP contribution is -2.52. The van der Waals surface area contributed by atoms with Crippen molar-refractivity contribution in [1.82, 2.24) is 9.80 Å². The molecule has 0 radical (unpaired) electrons. The normalized spacial score (nSPS) is 28.3. The Hall–Kier alpha value is -1.79. The maximum Gasteiger partial charge on any atom is 0.180 e. The predicted octanol–water partition coefficient (Wildman–Crippen LogP) is 3.11. The minimum absolute atomic E-state index is 0.0752. The molecule has 5 rings (SSSR count). The van der Waals surface area contributed by atoms with Crippen molar-refractivity contribution in [2.24, 2.45) is 0 Å². The Labute approximate surface area is 171 Å². The largest absolute Gasteiger partial charge is 0.395 e. The van der Waals surface area contributed by atoms with Crippen LogP contribution in [0.5, 0.6) is 0 Å². The number of rotatable bonds is 4. The summed E-state index contributed by atoms with van der Waals surface area (Å²) in [5.74, 6) is 0.203. The Morgan fingerprint density at radius 1 is 0.966 bits per heavy atom. The molecule has 4 nitrogen and oxygen atoms in total. The molecule has 1 N–H and O–H groups in total. The van der Waals surface area contributed by atoms with Gasteiger partial charge in [-0.3, -0.25) is 9.80 Å². The zero-order chi connectivity index (χ0) is 19.8. The molecule has 2 heterocycles. The molecule has 2 aromatic carbocycles. The molecule has 2 aromatic rings.